The minimum absolute atomic E-state index is 0.0545. The van der Waals surface area contributed by atoms with Gasteiger partial charge < -0.3 is 10.1 Å². The second kappa shape index (κ2) is 8.38. The van der Waals surface area contributed by atoms with E-state index in [4.69, 9.17) is 4.74 Å². The van der Waals surface area contributed by atoms with Crippen molar-refractivity contribution < 1.29 is 14.3 Å². The molecule has 1 rings (SSSR count). The first-order valence-corrected chi connectivity index (χ1v) is 7.38. The summed E-state index contributed by atoms with van der Waals surface area (Å²) in [7, 11) is 1.46. The first kappa shape index (κ1) is 18.0. The van der Waals surface area contributed by atoms with Crippen LogP contribution in [0.2, 0.25) is 0 Å². The first-order chi connectivity index (χ1) is 10.3. The van der Waals surface area contributed by atoms with Gasteiger partial charge in [-0.1, -0.05) is 12.1 Å². The van der Waals surface area contributed by atoms with Gasteiger partial charge in [0.2, 0.25) is 5.91 Å². The Morgan fingerprint density at radius 3 is 2.41 bits per heavy atom. The van der Waals surface area contributed by atoms with E-state index in [9.17, 15) is 9.59 Å². The summed E-state index contributed by atoms with van der Waals surface area (Å²) in [6.45, 7) is 7.61. The second-order valence-electron chi connectivity index (χ2n) is 5.42. The van der Waals surface area contributed by atoms with Crippen LogP contribution in [0.1, 0.15) is 39.3 Å². The monoisotopic (exact) mass is 307 g/mol. The average Bonchev–Trinajstić information content (AvgIpc) is 2.46. The Bertz CT molecular complexity index is 517. The summed E-state index contributed by atoms with van der Waals surface area (Å²) >= 11 is 0. The second-order valence-corrected chi connectivity index (χ2v) is 5.42. The molecule has 0 aliphatic heterocycles. The molecule has 6 nitrogen and oxygen atoms in total. The molecule has 22 heavy (non-hydrogen) atoms. The van der Waals surface area contributed by atoms with Gasteiger partial charge in [-0.2, -0.15) is 0 Å². The number of ether oxygens (including phenoxy) is 1. The summed E-state index contributed by atoms with van der Waals surface area (Å²) in [5.41, 5.74) is 1.01. The van der Waals surface area contributed by atoms with Crippen LogP contribution in [0.15, 0.2) is 24.3 Å². The van der Waals surface area contributed by atoms with Gasteiger partial charge in [0.1, 0.15) is 5.75 Å². The number of rotatable bonds is 6. The Labute approximate surface area is 131 Å². The van der Waals surface area contributed by atoms with Crippen LogP contribution in [0.5, 0.6) is 5.75 Å². The lowest BCUT2D eigenvalue weighted by Gasteiger charge is -2.20. The van der Waals surface area contributed by atoms with Crippen molar-refractivity contribution in [3.8, 4) is 5.75 Å². The lowest BCUT2D eigenvalue weighted by Crippen LogP contribution is -2.47. The standard InChI is InChI=1S/C16H25N3O3/c1-10(2)22-14-8-6-7-13(9-14)11(3)18-12(4)15(20)19-16(21)17-5/h6-12,18H,1-5H3,(H2,17,19,20,21)/t11-,12-/m0/s1. The molecular weight excluding hydrogens is 282 g/mol. The van der Waals surface area contributed by atoms with Gasteiger partial charge in [-0.15, -0.1) is 0 Å². The lowest BCUT2D eigenvalue weighted by molar-refractivity contribution is -0.121. The number of carbonyl (C=O) groups excluding carboxylic acids is 2. The van der Waals surface area contributed by atoms with E-state index in [2.05, 4.69) is 16.0 Å². The number of amides is 3. The predicted molar refractivity (Wildman–Crippen MR) is 85.8 cm³/mol. The van der Waals surface area contributed by atoms with Crippen molar-refractivity contribution in [2.24, 2.45) is 0 Å². The summed E-state index contributed by atoms with van der Waals surface area (Å²) in [6, 6.07) is 6.66. The van der Waals surface area contributed by atoms with Crippen molar-refractivity contribution in [1.29, 1.82) is 0 Å². The highest BCUT2D eigenvalue weighted by Crippen LogP contribution is 2.20. The molecular formula is C16H25N3O3. The van der Waals surface area contributed by atoms with Gasteiger partial charge in [-0.05, 0) is 45.4 Å². The SMILES string of the molecule is CNC(=O)NC(=O)[C@H](C)N[C@@H](C)c1cccc(OC(C)C)c1. The molecule has 0 unspecified atom stereocenters. The fourth-order valence-corrected chi connectivity index (χ4v) is 1.96. The third-order valence-corrected chi connectivity index (χ3v) is 3.09. The predicted octanol–water partition coefficient (Wildman–Crippen LogP) is 1.97. The molecule has 0 spiro atoms. The van der Waals surface area contributed by atoms with Gasteiger partial charge >= 0.3 is 6.03 Å². The molecule has 0 saturated carbocycles. The zero-order valence-electron chi connectivity index (χ0n) is 13.8. The van der Waals surface area contributed by atoms with Crippen LogP contribution in [-0.4, -0.2) is 31.1 Å². The number of benzene rings is 1. The largest absolute Gasteiger partial charge is 0.491 e. The van der Waals surface area contributed by atoms with Crippen molar-refractivity contribution in [3.05, 3.63) is 29.8 Å². The van der Waals surface area contributed by atoms with Crippen LogP contribution in [0.3, 0.4) is 0 Å². The lowest BCUT2D eigenvalue weighted by atomic mass is 10.1. The molecule has 0 saturated heterocycles. The van der Waals surface area contributed by atoms with E-state index in [0.29, 0.717) is 0 Å². The smallest absolute Gasteiger partial charge is 0.321 e. The molecule has 1 aromatic carbocycles. The number of imide groups is 1. The van der Waals surface area contributed by atoms with Gasteiger partial charge in [0.15, 0.2) is 0 Å². The van der Waals surface area contributed by atoms with Crippen molar-refractivity contribution >= 4 is 11.9 Å². The Balaban J connectivity index is 2.66. The van der Waals surface area contributed by atoms with Gasteiger partial charge in [0.25, 0.3) is 0 Å². The maximum absolute atomic E-state index is 11.8. The van der Waals surface area contributed by atoms with Crippen molar-refractivity contribution in [1.82, 2.24) is 16.0 Å². The molecule has 3 amide bonds. The van der Waals surface area contributed by atoms with E-state index in [1.54, 1.807) is 6.92 Å². The first-order valence-electron chi connectivity index (χ1n) is 7.38. The molecule has 0 radical (unpaired) electrons. The van der Waals surface area contributed by atoms with Crippen LogP contribution in [-0.2, 0) is 4.79 Å². The zero-order valence-corrected chi connectivity index (χ0v) is 13.8. The van der Waals surface area contributed by atoms with Crippen molar-refractivity contribution in [2.75, 3.05) is 7.05 Å². The summed E-state index contributed by atoms with van der Waals surface area (Å²) in [6.07, 6.45) is 0.107. The maximum Gasteiger partial charge on any atom is 0.321 e. The van der Waals surface area contributed by atoms with Gasteiger partial charge in [0, 0.05) is 13.1 Å². The van der Waals surface area contributed by atoms with E-state index >= 15 is 0 Å². The summed E-state index contributed by atoms with van der Waals surface area (Å²) < 4.78 is 5.66. The molecule has 0 heterocycles. The highest BCUT2D eigenvalue weighted by Gasteiger charge is 2.18. The Hall–Kier alpha value is -2.08. The van der Waals surface area contributed by atoms with Crippen molar-refractivity contribution in [3.63, 3.8) is 0 Å². The highest BCUT2D eigenvalue weighted by molar-refractivity contribution is 5.96. The molecule has 0 bridgehead atoms. The summed E-state index contributed by atoms with van der Waals surface area (Å²) in [5, 5.41) is 7.75. The van der Waals surface area contributed by atoms with Crippen LogP contribution in [0.25, 0.3) is 0 Å². The molecule has 0 fully saturated rings. The third kappa shape index (κ3) is 5.73. The quantitative estimate of drug-likeness (QED) is 0.751. The van der Waals surface area contributed by atoms with Crippen LogP contribution in [0, 0.1) is 0 Å². The molecule has 0 aliphatic rings. The molecule has 1 aromatic rings. The highest BCUT2D eigenvalue weighted by atomic mass is 16.5. The topological polar surface area (TPSA) is 79.5 Å². The Morgan fingerprint density at radius 2 is 1.82 bits per heavy atom. The fourth-order valence-electron chi connectivity index (χ4n) is 1.96. The van der Waals surface area contributed by atoms with Gasteiger partial charge in [-0.25, -0.2) is 4.79 Å². The van der Waals surface area contributed by atoms with Crippen LogP contribution in [0.4, 0.5) is 4.79 Å². The average molecular weight is 307 g/mol. The van der Waals surface area contributed by atoms with E-state index in [1.165, 1.54) is 7.05 Å². The molecule has 6 heteroatoms. The van der Waals surface area contributed by atoms with Crippen molar-refractivity contribution in [2.45, 2.75) is 45.9 Å². The normalized spacial score (nSPS) is 13.4. The number of hydrogen-bond donors (Lipinski definition) is 3. The fraction of sp³-hybridized carbons (Fsp3) is 0.500. The molecule has 0 aliphatic carbocycles. The molecule has 2 atom stereocenters. The molecule has 0 aromatic heterocycles. The third-order valence-electron chi connectivity index (χ3n) is 3.09. The van der Waals surface area contributed by atoms with E-state index in [0.717, 1.165) is 11.3 Å². The van der Waals surface area contributed by atoms with E-state index in [-0.39, 0.29) is 18.1 Å². The number of urea groups is 1. The van der Waals surface area contributed by atoms with Gasteiger partial charge in [0.05, 0.1) is 12.1 Å². The maximum atomic E-state index is 11.8. The minimum atomic E-state index is -0.515. The zero-order chi connectivity index (χ0) is 16.7. The summed E-state index contributed by atoms with van der Waals surface area (Å²) in [4.78, 5) is 23.0. The molecule has 3 N–H and O–H groups in total. The number of carbonyl (C=O) groups is 2. The minimum Gasteiger partial charge on any atom is -0.491 e. The Kier molecular flexibility index (Phi) is 6.85. The molecule has 122 valence electrons. The number of nitrogens with one attached hydrogen (secondary N) is 3. The summed E-state index contributed by atoms with van der Waals surface area (Å²) in [5.74, 6) is 0.421. The van der Waals surface area contributed by atoms with Gasteiger partial charge in [-0.3, -0.25) is 15.4 Å². The number of hydrogen-bond acceptors (Lipinski definition) is 4. The van der Waals surface area contributed by atoms with E-state index in [1.807, 2.05) is 45.0 Å². The van der Waals surface area contributed by atoms with Crippen LogP contribution >= 0.6 is 0 Å². The van der Waals surface area contributed by atoms with Crippen LogP contribution < -0.4 is 20.7 Å². The Morgan fingerprint density at radius 1 is 1.14 bits per heavy atom. The van der Waals surface area contributed by atoms with E-state index < -0.39 is 12.1 Å².